The van der Waals surface area contributed by atoms with Crippen molar-refractivity contribution in [1.82, 2.24) is 10.3 Å². The molecule has 2 aromatic rings. The molecule has 0 unspecified atom stereocenters. The molecule has 1 atom stereocenters. The average Bonchev–Trinajstić information content (AvgIpc) is 3.32. The van der Waals surface area contributed by atoms with Crippen LogP contribution in [0.1, 0.15) is 30.9 Å². The Morgan fingerprint density at radius 3 is 2.66 bits per heavy atom. The molecule has 1 aromatic carbocycles. The number of anilines is 1. The molecule has 29 heavy (non-hydrogen) atoms. The summed E-state index contributed by atoms with van der Waals surface area (Å²) >= 11 is -0.504. The van der Waals surface area contributed by atoms with Gasteiger partial charge in [0.15, 0.2) is 0 Å². The number of hydrogen-bond donors (Lipinski definition) is 1. The molecule has 5 rings (SSSR count). The van der Waals surface area contributed by atoms with Crippen molar-refractivity contribution in [2.75, 3.05) is 16.4 Å². The second-order valence-corrected chi connectivity index (χ2v) is 11.1. The van der Waals surface area contributed by atoms with Gasteiger partial charge in [0.25, 0.3) is 0 Å². The summed E-state index contributed by atoms with van der Waals surface area (Å²) in [6.07, 6.45) is 3.78. The standard InChI is InChI=1S/C21H21IN3O4/c1-12-4-6-14(16-17(12)28-11-21(16)8-9-21)29-13-5-7-15(23-10-13)25-18(26)20(2,22-3)24-19(25)27/h4-7,10H,8-9,11H2,1-3H3,(H,24,27)/q-1/t20-/m0/s1. The van der Waals surface area contributed by atoms with Crippen molar-refractivity contribution < 1.29 is 40.3 Å². The predicted octanol–water partition coefficient (Wildman–Crippen LogP) is 0.0975. The Morgan fingerprint density at radius 2 is 2.03 bits per heavy atom. The van der Waals surface area contributed by atoms with Crippen LogP contribution in [0.2, 0.25) is 0 Å². The van der Waals surface area contributed by atoms with Gasteiger partial charge in [-0.3, -0.25) is 0 Å². The molecule has 1 aromatic heterocycles. The van der Waals surface area contributed by atoms with Gasteiger partial charge in [-0.25, -0.2) is 0 Å². The van der Waals surface area contributed by atoms with Crippen LogP contribution >= 0.6 is 0 Å². The number of rotatable bonds is 4. The van der Waals surface area contributed by atoms with E-state index in [0.717, 1.165) is 40.4 Å². The molecule has 3 amide bonds. The van der Waals surface area contributed by atoms with Gasteiger partial charge < -0.3 is 0 Å². The molecule has 7 nitrogen and oxygen atoms in total. The minimum atomic E-state index is -0.784. The summed E-state index contributed by atoms with van der Waals surface area (Å²) in [6.45, 7) is 4.53. The molecule has 1 aliphatic carbocycles. The van der Waals surface area contributed by atoms with Gasteiger partial charge in [-0.15, -0.1) is 0 Å². The zero-order chi connectivity index (χ0) is 20.4. The van der Waals surface area contributed by atoms with Crippen molar-refractivity contribution in [3.8, 4) is 17.2 Å². The minimum absolute atomic E-state index is 0.0950. The first-order valence-electron chi connectivity index (χ1n) is 9.45. The number of hydrogen-bond acceptors (Lipinski definition) is 5. The molecule has 1 spiro atoms. The van der Waals surface area contributed by atoms with Crippen LogP contribution in [0, 0.1) is 6.92 Å². The number of benzene rings is 1. The molecule has 0 radical (unpaired) electrons. The number of nitrogens with zero attached hydrogens (tertiary/aromatic N) is 2. The van der Waals surface area contributed by atoms with Crippen LogP contribution in [0.4, 0.5) is 10.6 Å². The molecule has 1 saturated heterocycles. The molecule has 8 heteroatoms. The predicted molar refractivity (Wildman–Crippen MR) is 102 cm³/mol. The monoisotopic (exact) mass is 506 g/mol. The number of amides is 3. The third-order valence-electron chi connectivity index (χ3n) is 5.90. The maximum atomic E-state index is 12.7. The Morgan fingerprint density at radius 1 is 1.24 bits per heavy atom. The Kier molecular flexibility index (Phi) is 4.06. The fourth-order valence-electron chi connectivity index (χ4n) is 3.91. The number of ether oxygens (including phenoxy) is 2. The second kappa shape index (κ2) is 6.32. The van der Waals surface area contributed by atoms with Gasteiger partial charge in [0, 0.05) is 0 Å². The van der Waals surface area contributed by atoms with E-state index in [1.54, 1.807) is 25.3 Å². The van der Waals surface area contributed by atoms with Crippen LogP contribution in [0.15, 0.2) is 30.5 Å². The quantitative estimate of drug-likeness (QED) is 0.276. The molecule has 1 saturated carbocycles. The maximum absolute atomic E-state index is 12.7. The first-order chi connectivity index (χ1) is 13.9. The first-order valence-corrected chi connectivity index (χ1v) is 12.7. The molecular formula is C21H21IN3O4-. The van der Waals surface area contributed by atoms with E-state index in [4.69, 9.17) is 9.47 Å². The van der Waals surface area contributed by atoms with Crippen LogP contribution in [0.3, 0.4) is 0 Å². The third kappa shape index (κ3) is 2.79. The van der Waals surface area contributed by atoms with E-state index in [2.05, 4.69) is 10.3 Å². The number of pyridine rings is 1. The first kappa shape index (κ1) is 18.7. The number of imide groups is 1. The summed E-state index contributed by atoms with van der Waals surface area (Å²) < 4.78 is 11.3. The van der Waals surface area contributed by atoms with Gasteiger partial charge in [0.1, 0.15) is 0 Å². The fraction of sp³-hybridized carbons (Fsp3) is 0.381. The third-order valence-corrected chi connectivity index (χ3v) is 8.79. The number of aryl methyl sites for hydroxylation is 1. The van der Waals surface area contributed by atoms with Gasteiger partial charge in [-0.05, 0) is 6.92 Å². The number of aromatic nitrogens is 1. The number of fused-ring (bicyclic) bond motifs is 2. The van der Waals surface area contributed by atoms with Gasteiger partial charge in [-0.1, -0.05) is 0 Å². The zero-order valence-electron chi connectivity index (χ0n) is 16.4. The van der Waals surface area contributed by atoms with Crippen LogP contribution in [-0.4, -0.2) is 32.0 Å². The molecule has 0 bridgehead atoms. The molecule has 1 N–H and O–H groups in total. The van der Waals surface area contributed by atoms with E-state index >= 15 is 0 Å². The van der Waals surface area contributed by atoms with Crippen LogP contribution in [-0.2, 0) is 10.2 Å². The van der Waals surface area contributed by atoms with E-state index in [9.17, 15) is 9.59 Å². The SMILES string of the molecule is C[I-][C@@]1(C)NC(=O)N(c2ccc(Oc3ccc(C)c4c3C3(CC3)CO4)cn2)C1=O. The van der Waals surface area contributed by atoms with Crippen molar-refractivity contribution in [2.24, 2.45) is 0 Å². The van der Waals surface area contributed by atoms with Crippen molar-refractivity contribution >= 4 is 17.8 Å². The summed E-state index contributed by atoms with van der Waals surface area (Å²) in [5.74, 6) is 2.33. The Balaban J connectivity index is 1.41. The van der Waals surface area contributed by atoms with Crippen LogP contribution in [0.5, 0.6) is 17.2 Å². The fourth-order valence-corrected chi connectivity index (χ4v) is 5.11. The van der Waals surface area contributed by atoms with E-state index in [-0.39, 0.29) is 11.3 Å². The van der Waals surface area contributed by atoms with Crippen LogP contribution < -0.4 is 40.9 Å². The van der Waals surface area contributed by atoms with Crippen molar-refractivity contribution in [3.05, 3.63) is 41.6 Å². The number of alkyl halides is 2. The van der Waals surface area contributed by atoms with Crippen LogP contribution in [0.25, 0.3) is 0 Å². The van der Waals surface area contributed by atoms with E-state index < -0.39 is 30.8 Å². The molecule has 3 heterocycles. The Labute approximate surface area is 179 Å². The van der Waals surface area contributed by atoms with Gasteiger partial charge in [0.05, 0.1) is 0 Å². The van der Waals surface area contributed by atoms with E-state index in [1.807, 2.05) is 24.0 Å². The Bertz CT molecular complexity index is 1030. The summed E-state index contributed by atoms with van der Waals surface area (Å²) in [7, 11) is 0. The Hall–Kier alpha value is -2.36. The number of urea groups is 1. The van der Waals surface area contributed by atoms with Crippen molar-refractivity contribution in [3.63, 3.8) is 0 Å². The second-order valence-electron chi connectivity index (χ2n) is 7.87. The van der Waals surface area contributed by atoms with Gasteiger partial charge >= 0.3 is 172 Å². The van der Waals surface area contributed by atoms with E-state index in [0.29, 0.717) is 18.2 Å². The average molecular weight is 506 g/mol. The zero-order valence-corrected chi connectivity index (χ0v) is 18.6. The number of halogens is 1. The van der Waals surface area contributed by atoms with Crippen molar-refractivity contribution in [2.45, 2.75) is 35.6 Å². The van der Waals surface area contributed by atoms with Crippen molar-refractivity contribution in [1.29, 1.82) is 0 Å². The molecule has 3 aliphatic rings. The number of nitrogens with one attached hydrogen (secondary N) is 1. The molecule has 2 fully saturated rings. The summed E-state index contributed by atoms with van der Waals surface area (Å²) in [5.41, 5.74) is 2.36. The normalized spacial score (nSPS) is 23.9. The molecular weight excluding hydrogens is 485 g/mol. The summed E-state index contributed by atoms with van der Waals surface area (Å²) in [4.78, 5) is 32.4. The number of carbonyl (C=O) groups excluding carboxylic acids is 2. The molecule has 2 aliphatic heterocycles. The number of carbonyl (C=O) groups is 2. The van der Waals surface area contributed by atoms with Gasteiger partial charge in [0.2, 0.25) is 0 Å². The van der Waals surface area contributed by atoms with E-state index in [1.165, 1.54) is 0 Å². The van der Waals surface area contributed by atoms with Gasteiger partial charge in [-0.2, -0.15) is 0 Å². The topological polar surface area (TPSA) is 80.8 Å². The summed E-state index contributed by atoms with van der Waals surface area (Å²) in [6, 6.07) is 6.93. The summed E-state index contributed by atoms with van der Waals surface area (Å²) in [5, 5.41) is 2.78. The molecule has 152 valence electrons.